The summed E-state index contributed by atoms with van der Waals surface area (Å²) >= 11 is 0. The molecule has 3 nitrogen and oxygen atoms in total. The van der Waals surface area contributed by atoms with E-state index in [1.165, 1.54) is 0 Å². The van der Waals surface area contributed by atoms with Gasteiger partial charge in [-0.15, -0.1) is 0 Å². The number of benzene rings is 4. The maximum atomic E-state index is 13.6. The second kappa shape index (κ2) is 9.18. The van der Waals surface area contributed by atoms with Gasteiger partial charge in [-0.1, -0.05) is 83.9 Å². The van der Waals surface area contributed by atoms with Crippen molar-refractivity contribution < 1.29 is 8.42 Å². The summed E-state index contributed by atoms with van der Waals surface area (Å²) in [7, 11) is -2.65. The summed E-state index contributed by atoms with van der Waals surface area (Å²) in [6.45, 7) is 4.05. The molecule has 1 heterocycles. The van der Waals surface area contributed by atoms with Gasteiger partial charge in [0.05, 0.1) is 27.8 Å². The molecule has 0 aromatic heterocycles. The Bertz CT molecular complexity index is 1320. The average Bonchev–Trinajstić information content (AvgIpc) is 3.60. The van der Waals surface area contributed by atoms with Crippen LogP contribution in [0, 0.1) is 13.8 Å². The summed E-state index contributed by atoms with van der Waals surface area (Å²) in [4.78, 5) is 2.33. The molecule has 5 rings (SSSR count). The Kier molecular flexibility index (Phi) is 6.11. The molecule has 0 bridgehead atoms. The molecule has 0 N–H and O–H groups in total. The summed E-state index contributed by atoms with van der Waals surface area (Å²) in [5.74, 6) is 0. The second-order valence-electron chi connectivity index (χ2n) is 8.34. The molecular weight excluding hydrogens is 446 g/mol. The molecule has 4 aromatic carbocycles. The lowest BCUT2D eigenvalue weighted by atomic mass is 10.0. The molecule has 1 aliphatic rings. The monoisotopic (exact) mass is 471 g/mol. The van der Waals surface area contributed by atoms with E-state index >= 15 is 0 Å². The van der Waals surface area contributed by atoms with Gasteiger partial charge in [-0.2, -0.15) is 0 Å². The standard InChI is InChI=1S/C28H25NO2S2/c1-20-12-16-23(17-13-20)32(30)26-11-7-6-10-25(26)28-27(22-8-4-3-5-9-22)29(28)33(31)24-18-14-21(2)15-19-24/h3-19,27-28H,1-2H3/t27-,28-,29?,32-,33-/m0/s1. The van der Waals surface area contributed by atoms with Crippen molar-refractivity contribution in [1.29, 1.82) is 0 Å². The molecule has 0 aliphatic carbocycles. The van der Waals surface area contributed by atoms with Crippen LogP contribution in [0.2, 0.25) is 0 Å². The van der Waals surface area contributed by atoms with E-state index < -0.39 is 21.8 Å². The van der Waals surface area contributed by atoms with Crippen LogP contribution >= 0.6 is 0 Å². The van der Waals surface area contributed by atoms with Gasteiger partial charge in [0.15, 0.2) is 0 Å². The first kappa shape index (κ1) is 22.0. The average molecular weight is 472 g/mol. The fourth-order valence-corrected chi connectivity index (χ4v) is 6.84. The third-order valence-corrected chi connectivity index (χ3v) is 8.97. The quantitative estimate of drug-likeness (QED) is 0.310. The predicted octanol–water partition coefficient (Wildman–Crippen LogP) is 6.29. The summed E-state index contributed by atoms with van der Waals surface area (Å²) in [6, 6.07) is 33.5. The van der Waals surface area contributed by atoms with E-state index in [4.69, 9.17) is 0 Å². The van der Waals surface area contributed by atoms with Crippen molar-refractivity contribution in [3.63, 3.8) is 0 Å². The van der Waals surface area contributed by atoms with Crippen LogP contribution in [0.15, 0.2) is 118 Å². The predicted molar refractivity (Wildman–Crippen MR) is 134 cm³/mol. The van der Waals surface area contributed by atoms with Crippen LogP contribution in [-0.2, 0) is 21.8 Å². The highest BCUT2D eigenvalue weighted by molar-refractivity contribution is 7.85. The lowest BCUT2D eigenvalue weighted by molar-refractivity contribution is 0.637. The Hall–Kier alpha value is -2.86. The molecule has 5 heteroatoms. The van der Waals surface area contributed by atoms with E-state index in [1.54, 1.807) is 0 Å². The van der Waals surface area contributed by atoms with Gasteiger partial charge >= 0.3 is 0 Å². The Balaban J connectivity index is 1.55. The molecule has 166 valence electrons. The van der Waals surface area contributed by atoms with Gasteiger partial charge in [-0.05, 0) is 55.3 Å². The maximum Gasteiger partial charge on any atom is 0.128 e. The lowest BCUT2D eigenvalue weighted by Crippen LogP contribution is -2.06. The van der Waals surface area contributed by atoms with Crippen LogP contribution in [0.1, 0.15) is 34.3 Å². The van der Waals surface area contributed by atoms with Gasteiger partial charge in [0.25, 0.3) is 0 Å². The van der Waals surface area contributed by atoms with Gasteiger partial charge in [-0.25, -0.2) is 12.7 Å². The highest BCUT2D eigenvalue weighted by Crippen LogP contribution is 2.57. The molecule has 1 aliphatic heterocycles. The molecule has 0 radical (unpaired) electrons. The summed E-state index contributed by atoms with van der Waals surface area (Å²) in [6.07, 6.45) is 0. The molecule has 0 amide bonds. The first-order chi connectivity index (χ1) is 16.0. The van der Waals surface area contributed by atoms with Gasteiger partial charge in [0.1, 0.15) is 11.0 Å². The molecule has 1 fully saturated rings. The minimum atomic E-state index is -1.33. The van der Waals surface area contributed by atoms with Crippen LogP contribution in [0.5, 0.6) is 0 Å². The van der Waals surface area contributed by atoms with Gasteiger partial charge in [0, 0.05) is 9.79 Å². The smallest absolute Gasteiger partial charge is 0.128 e. The second-order valence-corrected chi connectivity index (χ2v) is 11.2. The molecule has 4 aromatic rings. The Morgan fingerprint density at radius 3 is 1.79 bits per heavy atom. The van der Waals surface area contributed by atoms with Crippen molar-refractivity contribution in [2.45, 2.75) is 40.6 Å². The zero-order chi connectivity index (χ0) is 22.9. The van der Waals surface area contributed by atoms with Crippen molar-refractivity contribution in [3.05, 3.63) is 125 Å². The number of aryl methyl sites for hydroxylation is 2. The molecule has 5 atom stereocenters. The van der Waals surface area contributed by atoms with E-state index in [9.17, 15) is 8.42 Å². The normalized spacial score (nSPS) is 21.3. The zero-order valence-electron chi connectivity index (χ0n) is 18.5. The van der Waals surface area contributed by atoms with Crippen molar-refractivity contribution in [2.24, 2.45) is 0 Å². The number of rotatable bonds is 6. The van der Waals surface area contributed by atoms with Crippen LogP contribution < -0.4 is 0 Å². The summed E-state index contributed by atoms with van der Waals surface area (Å²) in [5.41, 5.74) is 4.34. The summed E-state index contributed by atoms with van der Waals surface area (Å²) < 4.78 is 29.2. The highest BCUT2D eigenvalue weighted by atomic mass is 32.2. The maximum absolute atomic E-state index is 13.6. The first-order valence-corrected chi connectivity index (χ1v) is 13.2. The van der Waals surface area contributed by atoms with Crippen LogP contribution in [0.4, 0.5) is 0 Å². The van der Waals surface area contributed by atoms with E-state index in [1.807, 2.05) is 109 Å². The molecule has 1 saturated heterocycles. The molecular formula is C28H25NO2S2. The van der Waals surface area contributed by atoms with E-state index in [0.29, 0.717) is 0 Å². The van der Waals surface area contributed by atoms with Gasteiger partial charge < -0.3 is 0 Å². The highest BCUT2D eigenvalue weighted by Gasteiger charge is 2.54. The van der Waals surface area contributed by atoms with Crippen LogP contribution in [-0.4, -0.2) is 12.7 Å². The van der Waals surface area contributed by atoms with Crippen molar-refractivity contribution >= 4 is 21.8 Å². The topological polar surface area (TPSA) is 37.1 Å². The van der Waals surface area contributed by atoms with Gasteiger partial charge in [-0.3, -0.25) is 0 Å². The SMILES string of the molecule is Cc1ccc([S@](=O)c2ccccc2[C@H]2[C@H](c3ccccc3)N2[S@@](=O)c2ccc(C)cc2)cc1. The van der Waals surface area contributed by atoms with Gasteiger partial charge in [0.2, 0.25) is 0 Å². The molecule has 33 heavy (non-hydrogen) atoms. The van der Waals surface area contributed by atoms with Crippen LogP contribution in [0.3, 0.4) is 0 Å². The minimum absolute atomic E-state index is 0.0375. The lowest BCUT2D eigenvalue weighted by Gasteiger charge is -2.10. The fraction of sp³-hybridized carbons (Fsp3) is 0.143. The fourth-order valence-electron chi connectivity index (χ4n) is 4.16. The minimum Gasteiger partial charge on any atom is -0.249 e. The Morgan fingerprint density at radius 1 is 0.606 bits per heavy atom. The van der Waals surface area contributed by atoms with E-state index in [-0.39, 0.29) is 12.1 Å². The number of nitrogens with zero attached hydrogens (tertiary/aromatic N) is 1. The van der Waals surface area contributed by atoms with E-state index in [0.717, 1.165) is 36.9 Å². The largest absolute Gasteiger partial charge is 0.249 e. The van der Waals surface area contributed by atoms with Crippen molar-refractivity contribution in [3.8, 4) is 0 Å². The number of hydrogen-bond acceptors (Lipinski definition) is 2. The Morgan fingerprint density at radius 2 is 1.15 bits per heavy atom. The van der Waals surface area contributed by atoms with Crippen LogP contribution in [0.25, 0.3) is 0 Å². The third-order valence-electron chi connectivity index (χ3n) is 5.99. The van der Waals surface area contributed by atoms with Crippen molar-refractivity contribution in [1.82, 2.24) is 4.31 Å². The zero-order valence-corrected chi connectivity index (χ0v) is 20.2. The van der Waals surface area contributed by atoms with E-state index in [2.05, 4.69) is 12.1 Å². The molecule has 0 saturated carbocycles. The summed E-state index contributed by atoms with van der Waals surface area (Å²) in [5, 5.41) is 0. The first-order valence-electron chi connectivity index (χ1n) is 10.9. The molecule has 1 unspecified atom stereocenters. The van der Waals surface area contributed by atoms with Crippen molar-refractivity contribution in [2.75, 3.05) is 0 Å². The molecule has 0 spiro atoms. The Labute approximate surface area is 200 Å². The number of hydrogen-bond donors (Lipinski definition) is 0. The third kappa shape index (κ3) is 4.36.